The van der Waals surface area contributed by atoms with Gasteiger partial charge >= 0.3 is 12.1 Å². The van der Waals surface area contributed by atoms with Gasteiger partial charge in [-0.1, -0.05) is 0 Å². The van der Waals surface area contributed by atoms with E-state index in [1.807, 2.05) is 0 Å². The summed E-state index contributed by atoms with van der Waals surface area (Å²) in [7, 11) is 2.44. The number of ether oxygens (including phenoxy) is 2. The largest absolute Gasteiger partial charge is 0.494 e. The molecule has 3 aromatic rings. The molecule has 1 aromatic carbocycles. The van der Waals surface area contributed by atoms with Crippen LogP contribution in [0.4, 0.5) is 13.2 Å². The van der Waals surface area contributed by atoms with Crippen molar-refractivity contribution in [3.8, 4) is 17.2 Å². The molecule has 1 unspecified atom stereocenters. The number of benzene rings is 1. The van der Waals surface area contributed by atoms with Crippen molar-refractivity contribution in [1.29, 1.82) is 0 Å². The summed E-state index contributed by atoms with van der Waals surface area (Å²) >= 11 is 5.73. The lowest BCUT2D eigenvalue weighted by molar-refractivity contribution is -0.142. The molecule has 0 fully saturated rings. The number of aromatic nitrogens is 2. The molecule has 0 aliphatic heterocycles. The van der Waals surface area contributed by atoms with Crippen LogP contribution in [0.5, 0.6) is 5.75 Å². The van der Waals surface area contributed by atoms with Crippen molar-refractivity contribution in [2.24, 2.45) is 5.73 Å². The average Bonchev–Trinajstić information content (AvgIpc) is 3.26. The molecule has 13 heteroatoms. The molecular formula is C21H20ClF3N4O5. The fraction of sp³-hybridized carbons (Fsp3) is 0.333. The van der Waals surface area contributed by atoms with E-state index in [9.17, 15) is 22.8 Å². The second kappa shape index (κ2) is 9.85. The molecule has 0 aliphatic rings. The Hall–Kier alpha value is -3.38. The number of amides is 1. The summed E-state index contributed by atoms with van der Waals surface area (Å²) in [5.74, 6) is -1.81. The highest BCUT2D eigenvalue weighted by atomic mass is 35.5. The Morgan fingerprint density at radius 1 is 1.21 bits per heavy atom. The first-order valence-corrected chi connectivity index (χ1v) is 10.3. The van der Waals surface area contributed by atoms with Gasteiger partial charge in [0.05, 0.1) is 26.1 Å². The number of carbonyl (C=O) groups is 2. The number of hydrogen-bond donors (Lipinski definition) is 2. The van der Waals surface area contributed by atoms with Crippen LogP contribution in [-0.2, 0) is 15.7 Å². The van der Waals surface area contributed by atoms with Gasteiger partial charge in [-0.25, -0.2) is 14.8 Å². The van der Waals surface area contributed by atoms with Crippen LogP contribution < -0.4 is 15.8 Å². The number of rotatable bonds is 7. The molecule has 3 rings (SSSR count). The summed E-state index contributed by atoms with van der Waals surface area (Å²) in [6.45, 7) is 1.55. The number of nitrogens with two attached hydrogens (primary N) is 1. The van der Waals surface area contributed by atoms with Crippen molar-refractivity contribution in [3.63, 3.8) is 0 Å². The van der Waals surface area contributed by atoms with E-state index in [2.05, 4.69) is 20.0 Å². The highest BCUT2D eigenvalue weighted by molar-refractivity contribution is 6.20. The fourth-order valence-corrected chi connectivity index (χ4v) is 3.35. The lowest BCUT2D eigenvalue weighted by atomic mass is 10.1. The van der Waals surface area contributed by atoms with Crippen LogP contribution in [-0.4, -0.2) is 48.0 Å². The molecular weight excluding hydrogens is 481 g/mol. The lowest BCUT2D eigenvalue weighted by Crippen LogP contribution is -2.43. The number of esters is 1. The summed E-state index contributed by atoms with van der Waals surface area (Å²) in [5.41, 5.74) is 4.79. The third-order valence-electron chi connectivity index (χ3n) is 4.79. The number of nitrogens with zero attached hydrogens (tertiary/aromatic N) is 2. The Bertz CT molecular complexity index is 1230. The maximum atomic E-state index is 13.2. The van der Waals surface area contributed by atoms with Gasteiger partial charge in [0.15, 0.2) is 11.5 Å². The Morgan fingerprint density at radius 3 is 2.47 bits per heavy atom. The van der Waals surface area contributed by atoms with E-state index in [-0.39, 0.29) is 45.4 Å². The summed E-state index contributed by atoms with van der Waals surface area (Å²) in [4.78, 5) is 32.5. The first kappa shape index (κ1) is 25.2. The van der Waals surface area contributed by atoms with Crippen molar-refractivity contribution < 1.29 is 36.7 Å². The van der Waals surface area contributed by atoms with Gasteiger partial charge in [0.25, 0.3) is 5.91 Å². The monoisotopic (exact) mass is 500 g/mol. The Labute approximate surface area is 196 Å². The van der Waals surface area contributed by atoms with Crippen LogP contribution in [0.1, 0.15) is 34.9 Å². The smallest absolute Gasteiger partial charge is 0.433 e. The average molecular weight is 501 g/mol. The van der Waals surface area contributed by atoms with E-state index in [0.717, 1.165) is 13.2 Å². The van der Waals surface area contributed by atoms with Gasteiger partial charge in [-0.2, -0.15) is 13.2 Å². The number of methoxy groups -OCH3 is 2. The summed E-state index contributed by atoms with van der Waals surface area (Å²) in [6, 6.07) is 3.00. The number of hydrogen-bond acceptors (Lipinski definition) is 8. The molecule has 182 valence electrons. The summed E-state index contributed by atoms with van der Waals surface area (Å²) in [5, 5.41) is 2.63. The van der Waals surface area contributed by atoms with Gasteiger partial charge in [-0.15, -0.1) is 11.6 Å². The molecule has 0 bridgehead atoms. The van der Waals surface area contributed by atoms with Crippen molar-refractivity contribution in [2.75, 3.05) is 20.1 Å². The highest BCUT2D eigenvalue weighted by Gasteiger charge is 2.33. The maximum absolute atomic E-state index is 13.2. The van der Waals surface area contributed by atoms with E-state index in [1.165, 1.54) is 25.3 Å². The highest BCUT2D eigenvalue weighted by Crippen LogP contribution is 2.37. The predicted molar refractivity (Wildman–Crippen MR) is 115 cm³/mol. The van der Waals surface area contributed by atoms with Gasteiger partial charge in [0, 0.05) is 10.9 Å². The minimum atomic E-state index is -4.66. The number of pyridine rings is 1. The van der Waals surface area contributed by atoms with Crippen LogP contribution >= 0.6 is 11.6 Å². The lowest BCUT2D eigenvalue weighted by Gasteiger charge is -2.13. The molecule has 9 nitrogen and oxygen atoms in total. The number of nitrogens with one attached hydrogen (secondary N) is 1. The zero-order valence-electron chi connectivity index (χ0n) is 18.2. The first-order valence-electron chi connectivity index (χ1n) is 9.78. The number of oxazole rings is 1. The number of fused-ring (bicyclic) bond motifs is 1. The van der Waals surface area contributed by atoms with Crippen molar-refractivity contribution in [1.82, 2.24) is 15.3 Å². The molecule has 1 amide bonds. The van der Waals surface area contributed by atoms with Crippen molar-refractivity contribution in [2.45, 2.75) is 25.2 Å². The van der Waals surface area contributed by atoms with Crippen LogP contribution in [0, 0.1) is 0 Å². The molecule has 0 aliphatic carbocycles. The summed E-state index contributed by atoms with van der Waals surface area (Å²) in [6.07, 6.45) is -4.66. The zero-order valence-corrected chi connectivity index (χ0v) is 19.0. The standard InChI is InChI=1S/C21H20ClF3N4O5/c1-9(26)17-16(18(30)27-12(8-22)20(31)33-3)29-19(34-17)11-4-6-13(32-2)15-10(11)5-7-14(28-15)21(23,24)25/h4-7,9,12H,8,26H2,1-3H3,(H,27,30)/t9-,12?/m0/s1. The molecule has 0 saturated heterocycles. The number of carbonyl (C=O) groups excluding carboxylic acids is 2. The minimum absolute atomic E-state index is 0.00507. The van der Waals surface area contributed by atoms with Crippen LogP contribution in [0.25, 0.3) is 22.4 Å². The maximum Gasteiger partial charge on any atom is 0.433 e. The van der Waals surface area contributed by atoms with Gasteiger partial charge in [0.2, 0.25) is 5.89 Å². The zero-order chi connectivity index (χ0) is 25.2. The Morgan fingerprint density at radius 2 is 1.91 bits per heavy atom. The van der Waals surface area contributed by atoms with E-state index in [0.29, 0.717) is 0 Å². The quantitative estimate of drug-likeness (QED) is 0.373. The Kier molecular flexibility index (Phi) is 7.32. The van der Waals surface area contributed by atoms with Crippen LogP contribution in [0.2, 0.25) is 0 Å². The molecule has 2 aromatic heterocycles. The van der Waals surface area contributed by atoms with Crippen LogP contribution in [0.3, 0.4) is 0 Å². The van der Waals surface area contributed by atoms with E-state index >= 15 is 0 Å². The molecule has 34 heavy (non-hydrogen) atoms. The predicted octanol–water partition coefficient (Wildman–Crippen LogP) is 3.45. The number of halogens is 4. The minimum Gasteiger partial charge on any atom is -0.494 e. The molecule has 0 radical (unpaired) electrons. The topological polar surface area (TPSA) is 130 Å². The third-order valence-corrected chi connectivity index (χ3v) is 5.10. The van der Waals surface area contributed by atoms with Gasteiger partial charge in [-0.05, 0) is 31.2 Å². The Balaban J connectivity index is 2.13. The third kappa shape index (κ3) is 4.92. The normalized spacial score (nSPS) is 13.4. The van der Waals surface area contributed by atoms with E-state index in [4.69, 9.17) is 26.5 Å². The molecule has 0 spiro atoms. The second-order valence-corrected chi connectivity index (χ2v) is 7.44. The SMILES string of the molecule is COC(=O)C(CCl)NC(=O)c1nc(-c2ccc(OC)c3nc(C(F)(F)F)ccc23)oc1[C@H](C)N. The fourth-order valence-electron chi connectivity index (χ4n) is 3.15. The van der Waals surface area contributed by atoms with Gasteiger partial charge in [0.1, 0.15) is 23.0 Å². The molecule has 0 saturated carbocycles. The second-order valence-electron chi connectivity index (χ2n) is 7.13. The van der Waals surface area contributed by atoms with Gasteiger partial charge in [-0.3, -0.25) is 4.79 Å². The molecule has 2 atom stereocenters. The molecule has 2 heterocycles. The van der Waals surface area contributed by atoms with Crippen molar-refractivity contribution in [3.05, 3.63) is 41.4 Å². The van der Waals surface area contributed by atoms with E-state index < -0.39 is 35.8 Å². The van der Waals surface area contributed by atoms with E-state index in [1.54, 1.807) is 6.92 Å². The number of alkyl halides is 4. The molecule has 3 N–H and O–H groups in total. The first-order chi connectivity index (χ1) is 16.0. The van der Waals surface area contributed by atoms with Crippen molar-refractivity contribution >= 4 is 34.4 Å². The van der Waals surface area contributed by atoms with Crippen LogP contribution in [0.15, 0.2) is 28.7 Å². The summed E-state index contributed by atoms with van der Waals surface area (Å²) < 4.78 is 55.0. The van der Waals surface area contributed by atoms with Gasteiger partial charge < -0.3 is 24.9 Å².